The number of non-ortho nitro benzene ring substituents is 1. The molecule has 2 fully saturated rings. The lowest BCUT2D eigenvalue weighted by atomic mass is 10.1. The zero-order valence-corrected chi connectivity index (χ0v) is 22.3. The third-order valence-corrected chi connectivity index (χ3v) is 7.85. The molecule has 0 radical (unpaired) electrons. The van der Waals surface area contributed by atoms with Crippen LogP contribution in [0.25, 0.3) is 0 Å². The van der Waals surface area contributed by atoms with Gasteiger partial charge in [0.2, 0.25) is 0 Å². The first-order valence-corrected chi connectivity index (χ1v) is 13.4. The molecule has 0 saturated carbocycles. The number of likely N-dealkylation sites (tertiary alicyclic amines) is 2. The summed E-state index contributed by atoms with van der Waals surface area (Å²) in [5.41, 5.74) is -3.00. The van der Waals surface area contributed by atoms with E-state index >= 15 is 0 Å². The van der Waals surface area contributed by atoms with E-state index in [1.54, 1.807) is 0 Å². The lowest BCUT2D eigenvalue weighted by Crippen LogP contribution is -2.46. The van der Waals surface area contributed by atoms with E-state index in [0.717, 1.165) is 0 Å². The maximum absolute atomic E-state index is 10.4. The first kappa shape index (κ1) is 30.4. The van der Waals surface area contributed by atoms with E-state index in [1.165, 1.54) is 119 Å². The fourth-order valence-electron chi connectivity index (χ4n) is 5.49. The zero-order valence-electron chi connectivity index (χ0n) is 22.3. The average Bonchev–Trinajstić information content (AvgIpc) is 3.19. The topological polar surface area (TPSA) is 150 Å². The van der Waals surface area contributed by atoms with E-state index < -0.39 is 37.6 Å². The Hall–Kier alpha value is -2.86. The lowest BCUT2D eigenvalue weighted by molar-refractivity contribution is -0.911. The summed E-state index contributed by atoms with van der Waals surface area (Å²) in [5.74, 6) is -1.21. The van der Waals surface area contributed by atoms with Gasteiger partial charge in [-0.3, -0.25) is 30.3 Å². The highest BCUT2D eigenvalue weighted by Gasteiger charge is 2.30. The molecule has 0 unspecified atom stereocenters. The van der Waals surface area contributed by atoms with Crippen molar-refractivity contribution in [1.82, 2.24) is 0 Å². The van der Waals surface area contributed by atoms with Gasteiger partial charge in [-0.1, -0.05) is 0 Å². The first-order chi connectivity index (χ1) is 17.5. The van der Waals surface area contributed by atoms with Gasteiger partial charge in [-0.2, -0.15) is 0 Å². The number of nitrogens with zero attached hydrogens (tertiary/aromatic N) is 5. The molecule has 2 aliphatic heterocycles. The molecule has 3 rings (SSSR count). The monoisotopic (exact) mass is 525 g/mol. The molecule has 2 saturated heterocycles. The molecule has 1 N–H and O–H groups in total. The van der Waals surface area contributed by atoms with Crippen LogP contribution >= 0.6 is 0 Å². The molecule has 0 aliphatic carbocycles. The summed E-state index contributed by atoms with van der Waals surface area (Å²) in [6, 6.07) is 0.894. The van der Waals surface area contributed by atoms with Gasteiger partial charge in [-0.25, -0.2) is 0 Å². The number of aromatic hydroxyl groups is 1. The number of nitro benzene ring substituents is 3. The summed E-state index contributed by atoms with van der Waals surface area (Å²) in [4.78, 5) is 27.8. The van der Waals surface area contributed by atoms with Crippen molar-refractivity contribution in [1.29, 1.82) is 0 Å². The van der Waals surface area contributed by atoms with Crippen molar-refractivity contribution in [2.45, 2.75) is 70.6 Å². The number of phenols is 1. The summed E-state index contributed by atoms with van der Waals surface area (Å²) in [6.07, 6.45) is 16.1. The second kappa shape index (κ2) is 14.2. The standard InChI is InChI=1S/C19H40N2.C6H3N3O7/c1-20(14-8-3-4-9-15-20)18-12-7-13-19-21(2)16-10-5-6-11-17-21;10-6-4(8(13)14)1-3(7(11)12)2-5(6)9(15)16/h3-19H2,1-2H3;1-2,10H/q+2;. The van der Waals surface area contributed by atoms with Crippen molar-refractivity contribution in [2.24, 2.45) is 0 Å². The van der Waals surface area contributed by atoms with E-state index in [2.05, 4.69) is 14.1 Å². The lowest BCUT2D eigenvalue weighted by Gasteiger charge is -2.35. The van der Waals surface area contributed by atoms with Crippen molar-refractivity contribution >= 4 is 17.1 Å². The van der Waals surface area contributed by atoms with Crippen LogP contribution in [0, 0.1) is 30.3 Å². The maximum Gasteiger partial charge on any atom is 0.324 e. The van der Waals surface area contributed by atoms with Crippen LogP contribution in [0.5, 0.6) is 5.75 Å². The van der Waals surface area contributed by atoms with Crippen LogP contribution in [0.4, 0.5) is 17.1 Å². The third-order valence-electron chi connectivity index (χ3n) is 7.85. The summed E-state index contributed by atoms with van der Waals surface area (Å²) in [7, 11) is 5.02. The minimum absolute atomic E-state index is 0.447. The van der Waals surface area contributed by atoms with Crippen molar-refractivity contribution < 1.29 is 28.8 Å². The van der Waals surface area contributed by atoms with Crippen molar-refractivity contribution in [3.8, 4) is 5.75 Å². The molecule has 1 aromatic rings. The van der Waals surface area contributed by atoms with E-state index in [0.29, 0.717) is 12.1 Å². The first-order valence-electron chi connectivity index (χ1n) is 13.4. The van der Waals surface area contributed by atoms with Gasteiger partial charge in [0.25, 0.3) is 11.4 Å². The minimum atomic E-state index is -1.21. The van der Waals surface area contributed by atoms with Crippen molar-refractivity contribution in [3.05, 3.63) is 42.5 Å². The van der Waals surface area contributed by atoms with Crippen LogP contribution in [-0.2, 0) is 0 Å². The molecule has 12 nitrogen and oxygen atoms in total. The normalized spacial score (nSPS) is 19.0. The molecule has 0 amide bonds. The Kier molecular flexibility index (Phi) is 11.6. The molecule has 1 aromatic carbocycles. The van der Waals surface area contributed by atoms with E-state index in [9.17, 15) is 30.3 Å². The Balaban J connectivity index is 0.000000271. The number of rotatable bonds is 9. The van der Waals surface area contributed by atoms with Crippen LogP contribution in [0.3, 0.4) is 0 Å². The molecule has 2 heterocycles. The largest absolute Gasteiger partial charge is 0.497 e. The maximum atomic E-state index is 10.4. The molecule has 0 spiro atoms. The smallest absolute Gasteiger partial charge is 0.324 e. The Morgan fingerprint density at radius 3 is 1.30 bits per heavy atom. The summed E-state index contributed by atoms with van der Waals surface area (Å²) in [6.45, 7) is 8.62. The SMILES string of the molecule is C[N+]1(CCCCC[N+]2(C)CCCCCC2)CCCCCC1.O=[N+]([O-])c1cc([N+](=O)[O-])c(O)c([N+](=O)[O-])c1. The highest BCUT2D eigenvalue weighted by atomic mass is 16.6. The zero-order chi connectivity index (χ0) is 27.5. The van der Waals surface area contributed by atoms with E-state index in [-0.39, 0.29) is 0 Å². The third kappa shape index (κ3) is 9.84. The Labute approximate surface area is 218 Å². The summed E-state index contributed by atoms with van der Waals surface area (Å²) >= 11 is 0. The molecular formula is C25H43N5O7+2. The van der Waals surface area contributed by atoms with Crippen molar-refractivity contribution in [3.63, 3.8) is 0 Å². The molecule has 2 aliphatic rings. The van der Waals surface area contributed by atoms with Gasteiger partial charge in [0.15, 0.2) is 0 Å². The Morgan fingerprint density at radius 2 is 1.00 bits per heavy atom. The molecule has 208 valence electrons. The molecule has 12 heteroatoms. The van der Waals surface area contributed by atoms with Gasteiger partial charge in [0.05, 0.1) is 80.3 Å². The molecule has 0 atom stereocenters. The van der Waals surface area contributed by atoms with Crippen LogP contribution in [0.1, 0.15) is 70.6 Å². The fraction of sp³-hybridized carbons (Fsp3) is 0.760. The second-order valence-corrected chi connectivity index (χ2v) is 11.1. The van der Waals surface area contributed by atoms with Crippen LogP contribution in [-0.4, -0.2) is 82.2 Å². The molecular weight excluding hydrogens is 482 g/mol. The number of nitro groups is 3. The number of phenolic OH excluding ortho intramolecular Hbond substituents is 1. The molecule has 37 heavy (non-hydrogen) atoms. The minimum Gasteiger partial charge on any atom is -0.497 e. The summed E-state index contributed by atoms with van der Waals surface area (Å²) in [5, 5.41) is 40.2. The molecule has 0 aromatic heterocycles. The quantitative estimate of drug-likeness (QED) is 0.198. The van der Waals surface area contributed by atoms with Gasteiger partial charge in [0, 0.05) is 0 Å². The summed E-state index contributed by atoms with van der Waals surface area (Å²) < 4.78 is 2.73. The number of unbranched alkanes of at least 4 members (excludes halogenated alkanes) is 2. The fourth-order valence-corrected chi connectivity index (χ4v) is 5.49. The Morgan fingerprint density at radius 1 is 0.649 bits per heavy atom. The van der Waals surface area contributed by atoms with E-state index in [4.69, 9.17) is 5.11 Å². The second-order valence-electron chi connectivity index (χ2n) is 11.1. The predicted molar refractivity (Wildman–Crippen MR) is 140 cm³/mol. The number of hydrogen-bond donors (Lipinski definition) is 1. The average molecular weight is 526 g/mol. The van der Waals surface area contributed by atoms with Gasteiger partial charge in [-0.05, 0) is 70.6 Å². The molecule has 0 bridgehead atoms. The number of benzene rings is 1. The number of quaternary nitrogens is 2. The highest BCUT2D eigenvalue weighted by molar-refractivity contribution is 5.64. The van der Waals surface area contributed by atoms with Gasteiger partial charge in [0.1, 0.15) is 0 Å². The van der Waals surface area contributed by atoms with Crippen LogP contribution in [0.15, 0.2) is 12.1 Å². The van der Waals surface area contributed by atoms with Crippen LogP contribution < -0.4 is 0 Å². The van der Waals surface area contributed by atoms with Crippen LogP contribution in [0.2, 0.25) is 0 Å². The van der Waals surface area contributed by atoms with Gasteiger partial charge < -0.3 is 14.1 Å². The Bertz CT molecular complexity index is 861. The highest BCUT2D eigenvalue weighted by Crippen LogP contribution is 2.39. The van der Waals surface area contributed by atoms with Gasteiger partial charge in [-0.15, -0.1) is 0 Å². The van der Waals surface area contributed by atoms with Crippen molar-refractivity contribution in [2.75, 3.05) is 53.4 Å². The predicted octanol–water partition coefficient (Wildman–Crippen LogP) is 5.31. The number of hydrogen-bond acceptors (Lipinski definition) is 7. The van der Waals surface area contributed by atoms with Gasteiger partial charge >= 0.3 is 11.4 Å². The van der Waals surface area contributed by atoms with E-state index in [1.807, 2.05) is 0 Å².